The highest BCUT2D eigenvalue weighted by Gasteiger charge is 2.26. The summed E-state index contributed by atoms with van der Waals surface area (Å²) < 4.78 is 17.6. The molecule has 0 amide bonds. The van der Waals surface area contributed by atoms with E-state index in [-0.39, 0.29) is 17.7 Å². The van der Waals surface area contributed by atoms with Crippen LogP contribution in [-0.4, -0.2) is 18.0 Å². The van der Waals surface area contributed by atoms with Gasteiger partial charge >= 0.3 is 5.97 Å². The number of furan rings is 1. The Balaban J connectivity index is 1.92. The van der Waals surface area contributed by atoms with E-state index in [1.165, 1.54) is 6.26 Å². The van der Waals surface area contributed by atoms with Crippen molar-refractivity contribution in [3.63, 3.8) is 0 Å². The summed E-state index contributed by atoms with van der Waals surface area (Å²) in [4.78, 5) is 16.2. The van der Waals surface area contributed by atoms with Crippen molar-refractivity contribution in [2.75, 3.05) is 0 Å². The van der Waals surface area contributed by atoms with Crippen molar-refractivity contribution in [2.24, 2.45) is 4.99 Å². The van der Waals surface area contributed by atoms with Gasteiger partial charge < -0.3 is 13.9 Å². The van der Waals surface area contributed by atoms with E-state index in [2.05, 4.69) is 36.9 Å². The Labute approximate surface area is 155 Å². The number of aliphatic imine (C=N–C) groups is 1. The molecule has 7 heteroatoms. The second-order valence-corrected chi connectivity index (χ2v) is 7.00. The summed E-state index contributed by atoms with van der Waals surface area (Å²) in [6, 6.07) is 7.08. The average molecular weight is 455 g/mol. The minimum absolute atomic E-state index is 0.0482. The maximum Gasteiger partial charge on any atom is 0.363 e. The monoisotopic (exact) mass is 453 g/mol. The third kappa shape index (κ3) is 3.62. The van der Waals surface area contributed by atoms with Crippen LogP contribution in [0.4, 0.5) is 0 Å². The molecule has 1 aromatic heterocycles. The van der Waals surface area contributed by atoms with Gasteiger partial charge in [-0.1, -0.05) is 0 Å². The standard InChI is InChI=1S/C17H13Br2NO4/c1-9(2)23-15-11(18)6-10(7-12(15)19)8-13-17(21)24-16(20-13)14-4-3-5-22-14/h3-9H,1-2H3/b13-8-. The molecule has 0 spiro atoms. The van der Waals surface area contributed by atoms with Crippen LogP contribution in [0.3, 0.4) is 0 Å². The number of carbonyl (C=O) groups excluding carboxylic acids is 1. The maximum absolute atomic E-state index is 12.0. The van der Waals surface area contributed by atoms with Gasteiger partial charge in [0.15, 0.2) is 11.5 Å². The highest BCUT2D eigenvalue weighted by molar-refractivity contribution is 9.11. The molecule has 3 rings (SSSR count). The summed E-state index contributed by atoms with van der Waals surface area (Å²) in [6.07, 6.45) is 3.19. The van der Waals surface area contributed by atoms with E-state index in [9.17, 15) is 4.79 Å². The third-order valence-electron chi connectivity index (χ3n) is 3.03. The maximum atomic E-state index is 12.0. The lowest BCUT2D eigenvalue weighted by atomic mass is 10.2. The van der Waals surface area contributed by atoms with E-state index in [4.69, 9.17) is 13.9 Å². The van der Waals surface area contributed by atoms with Crippen molar-refractivity contribution in [3.05, 3.63) is 56.5 Å². The van der Waals surface area contributed by atoms with Gasteiger partial charge in [0, 0.05) is 0 Å². The van der Waals surface area contributed by atoms with Gasteiger partial charge in [0.25, 0.3) is 5.90 Å². The molecule has 124 valence electrons. The van der Waals surface area contributed by atoms with E-state index in [0.29, 0.717) is 11.5 Å². The van der Waals surface area contributed by atoms with Crippen LogP contribution in [0.5, 0.6) is 5.75 Å². The molecular weight excluding hydrogens is 442 g/mol. The lowest BCUT2D eigenvalue weighted by molar-refractivity contribution is -0.130. The van der Waals surface area contributed by atoms with Crippen LogP contribution in [0.2, 0.25) is 0 Å². The van der Waals surface area contributed by atoms with Crippen LogP contribution in [0.15, 0.2) is 54.6 Å². The molecule has 0 fully saturated rings. The number of carbonyl (C=O) groups is 1. The average Bonchev–Trinajstić information content (AvgIpc) is 3.13. The van der Waals surface area contributed by atoms with Crippen molar-refractivity contribution < 1.29 is 18.7 Å². The molecule has 0 atom stereocenters. The van der Waals surface area contributed by atoms with Crippen LogP contribution < -0.4 is 4.74 Å². The van der Waals surface area contributed by atoms with Gasteiger partial charge in [-0.15, -0.1) is 0 Å². The molecule has 0 unspecified atom stereocenters. The zero-order valence-electron chi connectivity index (χ0n) is 12.9. The number of rotatable bonds is 4. The Morgan fingerprint density at radius 1 is 1.25 bits per heavy atom. The molecule has 0 saturated heterocycles. The number of benzene rings is 1. The van der Waals surface area contributed by atoms with Gasteiger partial charge in [-0.25, -0.2) is 9.79 Å². The predicted octanol–water partition coefficient (Wildman–Crippen LogP) is 4.94. The van der Waals surface area contributed by atoms with E-state index >= 15 is 0 Å². The summed E-state index contributed by atoms with van der Waals surface area (Å²) in [7, 11) is 0. The summed E-state index contributed by atoms with van der Waals surface area (Å²) in [6.45, 7) is 3.91. The molecule has 0 bridgehead atoms. The predicted molar refractivity (Wildman–Crippen MR) is 96.9 cm³/mol. The van der Waals surface area contributed by atoms with Crippen molar-refractivity contribution in [3.8, 4) is 5.75 Å². The summed E-state index contributed by atoms with van der Waals surface area (Å²) in [5, 5.41) is 0. The van der Waals surface area contributed by atoms with Gasteiger partial charge in [0.05, 0.1) is 21.3 Å². The normalized spacial score (nSPS) is 15.8. The van der Waals surface area contributed by atoms with Crippen LogP contribution in [0, 0.1) is 0 Å². The minimum atomic E-state index is -0.517. The van der Waals surface area contributed by atoms with Gasteiger partial charge in [0.1, 0.15) is 5.75 Å². The molecule has 5 nitrogen and oxygen atoms in total. The van der Waals surface area contributed by atoms with Crippen LogP contribution >= 0.6 is 31.9 Å². The van der Waals surface area contributed by atoms with Crippen molar-refractivity contribution >= 4 is 49.8 Å². The molecule has 0 aliphatic carbocycles. The van der Waals surface area contributed by atoms with E-state index < -0.39 is 5.97 Å². The fourth-order valence-corrected chi connectivity index (χ4v) is 3.49. The first-order chi connectivity index (χ1) is 11.4. The summed E-state index contributed by atoms with van der Waals surface area (Å²) >= 11 is 6.97. The van der Waals surface area contributed by atoms with Crippen LogP contribution in [0.1, 0.15) is 25.2 Å². The molecule has 1 aliphatic heterocycles. The molecule has 2 aromatic rings. The number of ether oxygens (including phenoxy) is 2. The minimum Gasteiger partial charge on any atom is -0.489 e. The Morgan fingerprint density at radius 3 is 2.54 bits per heavy atom. The Bertz CT molecular complexity index is 815. The van der Waals surface area contributed by atoms with Crippen molar-refractivity contribution in [1.82, 2.24) is 0 Å². The van der Waals surface area contributed by atoms with E-state index in [1.807, 2.05) is 26.0 Å². The highest BCUT2D eigenvalue weighted by Crippen LogP contribution is 2.36. The smallest absolute Gasteiger partial charge is 0.363 e. The van der Waals surface area contributed by atoms with Gasteiger partial charge in [0.2, 0.25) is 0 Å². The second-order valence-electron chi connectivity index (χ2n) is 5.29. The Morgan fingerprint density at radius 2 is 1.96 bits per heavy atom. The van der Waals surface area contributed by atoms with E-state index in [1.54, 1.807) is 18.2 Å². The van der Waals surface area contributed by atoms with Gasteiger partial charge in [-0.2, -0.15) is 0 Å². The lowest BCUT2D eigenvalue weighted by Crippen LogP contribution is -2.06. The summed E-state index contributed by atoms with van der Waals surface area (Å²) in [5.74, 6) is 0.765. The number of nitrogens with zero attached hydrogens (tertiary/aromatic N) is 1. The largest absolute Gasteiger partial charge is 0.489 e. The van der Waals surface area contributed by atoms with E-state index in [0.717, 1.165) is 14.5 Å². The molecule has 1 aliphatic rings. The summed E-state index contributed by atoms with van der Waals surface area (Å²) in [5.41, 5.74) is 0.985. The molecule has 1 aromatic carbocycles. The fraction of sp³-hybridized carbons (Fsp3) is 0.176. The Kier molecular flexibility index (Phi) is 4.91. The number of hydrogen-bond donors (Lipinski definition) is 0. The molecule has 0 radical (unpaired) electrons. The Hall–Kier alpha value is -1.86. The first kappa shape index (κ1) is 17.0. The number of hydrogen-bond acceptors (Lipinski definition) is 5. The quantitative estimate of drug-likeness (QED) is 0.485. The van der Waals surface area contributed by atoms with Gasteiger partial charge in [-0.05, 0) is 81.6 Å². The van der Waals surface area contributed by atoms with Crippen LogP contribution in [-0.2, 0) is 9.53 Å². The number of halogens is 2. The first-order valence-corrected chi connectivity index (χ1v) is 8.75. The number of esters is 1. The SMILES string of the molecule is CC(C)Oc1c(Br)cc(/C=C2\N=C(c3ccco3)OC2=O)cc1Br. The fourth-order valence-electron chi connectivity index (χ4n) is 2.08. The first-order valence-electron chi connectivity index (χ1n) is 7.16. The molecular formula is C17H13Br2NO4. The van der Waals surface area contributed by atoms with Crippen molar-refractivity contribution in [2.45, 2.75) is 20.0 Å². The molecule has 2 heterocycles. The highest BCUT2D eigenvalue weighted by atomic mass is 79.9. The molecule has 0 N–H and O–H groups in total. The van der Waals surface area contributed by atoms with Crippen molar-refractivity contribution in [1.29, 1.82) is 0 Å². The number of cyclic esters (lactones) is 1. The zero-order chi connectivity index (χ0) is 17.3. The molecule has 0 saturated carbocycles. The molecule has 24 heavy (non-hydrogen) atoms. The zero-order valence-corrected chi connectivity index (χ0v) is 16.0. The lowest BCUT2D eigenvalue weighted by Gasteiger charge is -2.14. The van der Waals surface area contributed by atoms with Gasteiger partial charge in [-0.3, -0.25) is 0 Å². The third-order valence-corrected chi connectivity index (χ3v) is 4.21. The van der Waals surface area contributed by atoms with Crippen LogP contribution in [0.25, 0.3) is 6.08 Å². The second kappa shape index (κ2) is 6.94. The topological polar surface area (TPSA) is 61.0 Å².